The van der Waals surface area contributed by atoms with Crippen LogP contribution in [0.15, 0.2) is 64.1 Å². The molecule has 1 heterocycles. The number of ether oxygens (including phenoxy) is 1. The van der Waals surface area contributed by atoms with Gasteiger partial charge in [0.2, 0.25) is 10.0 Å². The van der Waals surface area contributed by atoms with Gasteiger partial charge < -0.3 is 14.5 Å². The summed E-state index contributed by atoms with van der Waals surface area (Å²) in [4.78, 5) is 25.4. The Bertz CT molecular complexity index is 1390. The van der Waals surface area contributed by atoms with Crippen molar-refractivity contribution in [1.29, 1.82) is 0 Å². The van der Waals surface area contributed by atoms with Crippen molar-refractivity contribution in [2.75, 3.05) is 11.9 Å². The summed E-state index contributed by atoms with van der Waals surface area (Å²) in [5.74, 6) is -0.413. The molecule has 9 nitrogen and oxygen atoms in total. The topological polar surface area (TPSA) is 141 Å². The second-order valence-electron chi connectivity index (χ2n) is 9.01. The number of nitrogens with one attached hydrogen (secondary N) is 2. The lowest BCUT2D eigenvalue weighted by Gasteiger charge is -2.29. The van der Waals surface area contributed by atoms with Crippen molar-refractivity contribution in [1.82, 2.24) is 5.32 Å². The van der Waals surface area contributed by atoms with Gasteiger partial charge in [0.25, 0.3) is 0 Å². The molecular formula is C25H27Cl2N3O6S. The molecule has 0 amide bonds. The number of nitrogens with two attached hydrogens (primary N) is 1. The molecule has 0 fully saturated rings. The zero-order chi connectivity index (χ0) is 27.4. The largest absolute Gasteiger partial charge is 0.467 e. The predicted molar refractivity (Wildman–Crippen MR) is 142 cm³/mol. The third-order valence-corrected chi connectivity index (χ3v) is 6.92. The van der Waals surface area contributed by atoms with Crippen LogP contribution in [-0.4, -0.2) is 38.4 Å². The van der Waals surface area contributed by atoms with Crippen LogP contribution in [0.25, 0.3) is 0 Å². The Morgan fingerprint density at radius 2 is 1.86 bits per heavy atom. The SMILES string of the molecule is C[C@@H](NC(C)(C)COC(=O)c1cc(S(N)(=O)=O)c(Cl)cc1NCc1ccco1)C(=O)c1cccc(Cl)c1. The maximum atomic E-state index is 13.1. The zero-order valence-electron chi connectivity index (χ0n) is 20.4. The molecule has 0 spiro atoms. The van der Waals surface area contributed by atoms with Crippen molar-refractivity contribution in [3.63, 3.8) is 0 Å². The van der Waals surface area contributed by atoms with Gasteiger partial charge in [-0.1, -0.05) is 35.3 Å². The quantitative estimate of drug-likeness (QED) is 0.225. The minimum Gasteiger partial charge on any atom is -0.467 e. The van der Waals surface area contributed by atoms with Crippen LogP contribution in [0, 0.1) is 0 Å². The van der Waals surface area contributed by atoms with E-state index in [4.69, 9.17) is 37.5 Å². The fraction of sp³-hybridized carbons (Fsp3) is 0.280. The standard InChI is InChI=1S/C25H27Cl2N3O6S/c1-15(23(31)16-6-4-7-17(26)10-16)30-25(2,3)14-36-24(32)19-11-22(37(28,33)34)20(27)12-21(19)29-13-18-8-5-9-35-18/h4-12,15,29-30H,13-14H2,1-3H3,(H2,28,33,34)/t15-/m1/s1. The van der Waals surface area contributed by atoms with E-state index >= 15 is 0 Å². The average Bonchev–Trinajstić information content (AvgIpc) is 3.33. The Morgan fingerprint density at radius 3 is 2.49 bits per heavy atom. The molecule has 1 aromatic heterocycles. The first-order valence-electron chi connectivity index (χ1n) is 11.1. The average molecular weight is 568 g/mol. The smallest absolute Gasteiger partial charge is 0.340 e. The van der Waals surface area contributed by atoms with Crippen molar-refractivity contribution in [2.24, 2.45) is 5.14 Å². The zero-order valence-corrected chi connectivity index (χ0v) is 22.7. The Morgan fingerprint density at radius 1 is 1.14 bits per heavy atom. The number of hydrogen-bond acceptors (Lipinski definition) is 8. The molecule has 0 saturated carbocycles. The van der Waals surface area contributed by atoms with E-state index in [1.807, 2.05) is 0 Å². The number of furan rings is 1. The predicted octanol–water partition coefficient (Wildman–Crippen LogP) is 4.64. The maximum absolute atomic E-state index is 13.1. The van der Waals surface area contributed by atoms with Crippen molar-refractivity contribution in [3.05, 3.63) is 81.7 Å². The van der Waals surface area contributed by atoms with E-state index in [0.29, 0.717) is 16.3 Å². The summed E-state index contributed by atoms with van der Waals surface area (Å²) in [5, 5.41) is 11.7. The van der Waals surface area contributed by atoms with E-state index in [2.05, 4.69) is 10.6 Å². The summed E-state index contributed by atoms with van der Waals surface area (Å²) in [6, 6.07) is 11.8. The highest BCUT2D eigenvalue weighted by Gasteiger charge is 2.28. The normalized spacial score (nSPS) is 12.7. The first-order valence-corrected chi connectivity index (χ1v) is 13.4. The molecule has 12 heteroatoms. The molecule has 0 aliphatic carbocycles. The van der Waals surface area contributed by atoms with Gasteiger partial charge in [0.15, 0.2) is 5.78 Å². The molecule has 2 aromatic carbocycles. The van der Waals surface area contributed by atoms with E-state index in [1.54, 1.807) is 57.2 Å². The highest BCUT2D eigenvalue weighted by molar-refractivity contribution is 7.89. The molecule has 0 bridgehead atoms. The molecule has 3 aromatic rings. The van der Waals surface area contributed by atoms with E-state index in [0.717, 1.165) is 6.07 Å². The number of primary sulfonamides is 1. The van der Waals surface area contributed by atoms with Crippen LogP contribution in [0.5, 0.6) is 0 Å². The summed E-state index contributed by atoms with van der Waals surface area (Å²) in [5.41, 5.74) is -0.225. The van der Waals surface area contributed by atoms with E-state index < -0.39 is 32.5 Å². The van der Waals surface area contributed by atoms with Crippen LogP contribution in [0.4, 0.5) is 5.69 Å². The van der Waals surface area contributed by atoms with Gasteiger partial charge in [0.1, 0.15) is 17.3 Å². The molecule has 0 radical (unpaired) electrons. The fourth-order valence-corrected chi connectivity index (χ4v) is 4.88. The van der Waals surface area contributed by atoms with Crippen molar-refractivity contribution in [2.45, 2.75) is 43.8 Å². The molecule has 0 saturated heterocycles. The van der Waals surface area contributed by atoms with Crippen LogP contribution in [0.3, 0.4) is 0 Å². The number of carbonyl (C=O) groups is 2. The van der Waals surface area contributed by atoms with Gasteiger partial charge in [0.05, 0.1) is 35.1 Å². The molecule has 198 valence electrons. The van der Waals surface area contributed by atoms with Crippen LogP contribution in [0.1, 0.15) is 47.2 Å². The van der Waals surface area contributed by atoms with Gasteiger partial charge in [-0.15, -0.1) is 0 Å². The minimum atomic E-state index is -4.21. The third-order valence-electron chi connectivity index (χ3n) is 5.31. The Hall–Kier alpha value is -2.89. The molecule has 3 rings (SSSR count). The van der Waals surface area contributed by atoms with Gasteiger partial charge in [-0.2, -0.15) is 0 Å². The van der Waals surface area contributed by atoms with Crippen LogP contribution >= 0.6 is 23.2 Å². The van der Waals surface area contributed by atoms with Gasteiger partial charge in [0, 0.05) is 16.1 Å². The van der Waals surface area contributed by atoms with Gasteiger partial charge in [-0.25, -0.2) is 18.4 Å². The van der Waals surface area contributed by atoms with E-state index in [1.165, 1.54) is 12.3 Å². The number of anilines is 1. The maximum Gasteiger partial charge on any atom is 0.340 e. The second-order valence-corrected chi connectivity index (χ2v) is 11.4. The minimum absolute atomic E-state index is 0.0844. The van der Waals surface area contributed by atoms with Gasteiger partial charge in [-0.05, 0) is 57.2 Å². The third kappa shape index (κ3) is 7.80. The first kappa shape index (κ1) is 28.7. The van der Waals surface area contributed by atoms with E-state index in [9.17, 15) is 18.0 Å². The Labute approximate surface area is 225 Å². The number of benzene rings is 2. The monoisotopic (exact) mass is 567 g/mol. The molecule has 0 aliphatic heterocycles. The summed E-state index contributed by atoms with van der Waals surface area (Å²) in [6.45, 7) is 5.28. The summed E-state index contributed by atoms with van der Waals surface area (Å²) in [6.07, 6.45) is 1.50. The molecule has 0 aliphatic rings. The lowest BCUT2D eigenvalue weighted by molar-refractivity contribution is 0.0390. The number of Topliss-reactive ketones (excluding diaryl/α,β-unsaturated/α-hetero) is 1. The lowest BCUT2D eigenvalue weighted by atomic mass is 10.0. The van der Waals surface area contributed by atoms with Crippen LogP contribution < -0.4 is 15.8 Å². The van der Waals surface area contributed by atoms with Crippen LogP contribution in [0.2, 0.25) is 10.0 Å². The molecular weight excluding hydrogens is 541 g/mol. The number of rotatable bonds is 11. The highest BCUT2D eigenvalue weighted by atomic mass is 35.5. The number of halogens is 2. The number of hydrogen-bond donors (Lipinski definition) is 3. The van der Waals surface area contributed by atoms with Crippen molar-refractivity contribution < 1.29 is 27.2 Å². The van der Waals surface area contributed by atoms with Crippen molar-refractivity contribution in [3.8, 4) is 0 Å². The number of ketones is 1. The number of esters is 1. The molecule has 4 N–H and O–H groups in total. The highest BCUT2D eigenvalue weighted by Crippen LogP contribution is 2.29. The molecule has 1 atom stereocenters. The Kier molecular flexibility index (Phi) is 9.04. The number of carbonyl (C=O) groups excluding carboxylic acids is 2. The summed E-state index contributed by atoms with van der Waals surface area (Å²) in [7, 11) is -4.21. The molecule has 0 unspecified atom stereocenters. The lowest BCUT2D eigenvalue weighted by Crippen LogP contribution is -2.51. The van der Waals surface area contributed by atoms with Crippen LogP contribution in [-0.2, 0) is 21.3 Å². The summed E-state index contributed by atoms with van der Waals surface area (Å²) >= 11 is 12.1. The second kappa shape index (κ2) is 11.7. The van der Waals surface area contributed by atoms with Gasteiger partial charge >= 0.3 is 5.97 Å². The fourth-order valence-electron chi connectivity index (χ4n) is 3.59. The van der Waals surface area contributed by atoms with Crippen molar-refractivity contribution >= 4 is 50.7 Å². The Balaban J connectivity index is 1.75. The molecule has 37 heavy (non-hydrogen) atoms. The first-order chi connectivity index (χ1) is 17.3. The van der Waals surface area contributed by atoms with E-state index in [-0.39, 0.29) is 35.2 Å². The van der Waals surface area contributed by atoms with Gasteiger partial charge in [-0.3, -0.25) is 10.1 Å². The number of sulfonamides is 1. The summed E-state index contributed by atoms with van der Waals surface area (Å²) < 4.78 is 34.7.